The summed E-state index contributed by atoms with van der Waals surface area (Å²) in [5.74, 6) is -0.144. The molecule has 0 aliphatic rings. The molecule has 1 heterocycles. The van der Waals surface area contributed by atoms with Crippen molar-refractivity contribution in [3.8, 4) is 0 Å². The molecule has 8 heteroatoms. The first-order chi connectivity index (χ1) is 15.0. The van der Waals surface area contributed by atoms with Crippen LogP contribution in [0.15, 0.2) is 53.3 Å². The molecule has 0 spiro atoms. The van der Waals surface area contributed by atoms with Crippen molar-refractivity contribution in [1.82, 2.24) is 14.9 Å². The molecule has 0 unspecified atom stereocenters. The van der Waals surface area contributed by atoms with Crippen molar-refractivity contribution in [3.63, 3.8) is 0 Å². The van der Waals surface area contributed by atoms with E-state index >= 15 is 0 Å². The molecule has 31 heavy (non-hydrogen) atoms. The maximum atomic E-state index is 12.7. The number of benzene rings is 2. The van der Waals surface area contributed by atoms with Gasteiger partial charge in [0.05, 0.1) is 10.9 Å². The van der Waals surface area contributed by atoms with Crippen molar-refractivity contribution >= 4 is 28.4 Å². The molecule has 162 valence electrons. The third-order valence-corrected chi connectivity index (χ3v) is 4.72. The van der Waals surface area contributed by atoms with E-state index in [0.29, 0.717) is 47.7 Å². The maximum absolute atomic E-state index is 12.7. The molecule has 0 aliphatic heterocycles. The van der Waals surface area contributed by atoms with Crippen LogP contribution in [0.3, 0.4) is 0 Å². The van der Waals surface area contributed by atoms with Crippen LogP contribution in [0.4, 0.5) is 5.69 Å². The van der Waals surface area contributed by atoms with Crippen molar-refractivity contribution in [2.75, 3.05) is 25.1 Å². The van der Waals surface area contributed by atoms with Gasteiger partial charge >= 0.3 is 0 Å². The van der Waals surface area contributed by atoms with Gasteiger partial charge in [0.2, 0.25) is 5.91 Å². The summed E-state index contributed by atoms with van der Waals surface area (Å²) in [6.07, 6.45) is 0.726. The van der Waals surface area contributed by atoms with Crippen molar-refractivity contribution in [2.45, 2.75) is 26.8 Å². The molecule has 0 bridgehead atoms. The Labute approximate surface area is 180 Å². The van der Waals surface area contributed by atoms with Crippen LogP contribution in [-0.4, -0.2) is 41.1 Å². The summed E-state index contributed by atoms with van der Waals surface area (Å²) in [5, 5.41) is 6.03. The van der Waals surface area contributed by atoms with Crippen LogP contribution >= 0.6 is 0 Å². The highest BCUT2D eigenvalue weighted by Gasteiger charge is 2.12. The average molecular weight is 422 g/mol. The molecular formula is C23H26N4O4. The minimum Gasteiger partial charge on any atom is -0.382 e. The summed E-state index contributed by atoms with van der Waals surface area (Å²) < 4.78 is 6.59. The van der Waals surface area contributed by atoms with Crippen molar-refractivity contribution in [1.29, 1.82) is 0 Å². The van der Waals surface area contributed by atoms with Crippen LogP contribution in [0.5, 0.6) is 0 Å². The molecule has 2 aromatic carbocycles. The van der Waals surface area contributed by atoms with Gasteiger partial charge in [0.25, 0.3) is 11.5 Å². The zero-order chi connectivity index (χ0) is 22.2. The Balaban J connectivity index is 1.65. The monoisotopic (exact) mass is 422 g/mol. The maximum Gasteiger partial charge on any atom is 0.261 e. The number of para-hydroxylation sites is 1. The second-order valence-corrected chi connectivity index (χ2v) is 7.00. The molecule has 0 saturated carbocycles. The zero-order valence-electron chi connectivity index (χ0n) is 17.7. The van der Waals surface area contributed by atoms with Gasteiger partial charge in [-0.25, -0.2) is 4.98 Å². The lowest BCUT2D eigenvalue weighted by Crippen LogP contribution is -2.30. The van der Waals surface area contributed by atoms with Crippen molar-refractivity contribution in [3.05, 3.63) is 70.3 Å². The minimum atomic E-state index is -0.378. The summed E-state index contributed by atoms with van der Waals surface area (Å²) in [6, 6.07) is 13.7. The molecule has 0 fully saturated rings. The molecule has 2 N–H and O–H groups in total. The normalized spacial score (nSPS) is 10.8. The van der Waals surface area contributed by atoms with E-state index in [9.17, 15) is 14.4 Å². The number of ether oxygens (including phenoxy) is 1. The molecule has 1 aromatic heterocycles. The van der Waals surface area contributed by atoms with Crippen LogP contribution in [-0.2, 0) is 16.1 Å². The second kappa shape index (κ2) is 10.5. The number of rotatable bonds is 9. The summed E-state index contributed by atoms with van der Waals surface area (Å²) >= 11 is 0. The molecule has 0 radical (unpaired) electrons. The fourth-order valence-corrected chi connectivity index (χ4v) is 3.17. The molecular weight excluding hydrogens is 396 g/mol. The number of fused-ring (bicyclic) bond motifs is 1. The Bertz CT molecular complexity index is 1140. The summed E-state index contributed by atoms with van der Waals surface area (Å²) in [6.45, 7) is 5.19. The number of nitrogens with zero attached hydrogens (tertiary/aromatic N) is 2. The zero-order valence-corrected chi connectivity index (χ0v) is 17.7. The van der Waals surface area contributed by atoms with Gasteiger partial charge in [-0.15, -0.1) is 0 Å². The molecule has 3 rings (SSSR count). The Morgan fingerprint density at radius 2 is 1.94 bits per heavy atom. The van der Waals surface area contributed by atoms with Gasteiger partial charge in [-0.05, 0) is 50.6 Å². The van der Waals surface area contributed by atoms with E-state index in [1.165, 1.54) is 4.57 Å². The first kappa shape index (κ1) is 22.2. The third-order valence-electron chi connectivity index (χ3n) is 4.72. The smallest absolute Gasteiger partial charge is 0.261 e. The number of carbonyl (C=O) groups excluding carboxylic acids is 2. The Hall–Kier alpha value is -3.52. The van der Waals surface area contributed by atoms with Crippen molar-refractivity contribution < 1.29 is 14.3 Å². The van der Waals surface area contributed by atoms with E-state index < -0.39 is 0 Å². The van der Waals surface area contributed by atoms with E-state index in [1.807, 2.05) is 13.0 Å². The highest BCUT2D eigenvalue weighted by molar-refractivity contribution is 5.97. The van der Waals surface area contributed by atoms with E-state index in [0.717, 1.165) is 6.42 Å². The Morgan fingerprint density at radius 3 is 2.74 bits per heavy atom. The van der Waals surface area contributed by atoms with Crippen LogP contribution in [0, 0.1) is 6.92 Å². The van der Waals surface area contributed by atoms with Crippen LogP contribution < -0.4 is 16.2 Å². The third kappa shape index (κ3) is 5.76. The SMILES string of the molecule is CCOCCCNC(=O)c1cccc(NC(=O)Cn2c(C)nc3ccccc3c2=O)c1. The largest absolute Gasteiger partial charge is 0.382 e. The fourth-order valence-electron chi connectivity index (χ4n) is 3.17. The second-order valence-electron chi connectivity index (χ2n) is 7.00. The fraction of sp³-hybridized carbons (Fsp3) is 0.304. The van der Waals surface area contributed by atoms with Gasteiger partial charge in [0.15, 0.2) is 0 Å². The number of amides is 2. The predicted octanol–water partition coefficient (Wildman–Crippen LogP) is 2.50. The standard InChI is InChI=1S/C23H26N4O4/c1-3-31-13-7-12-24-22(29)17-8-6-9-18(14-17)26-21(28)15-27-16(2)25-20-11-5-4-10-19(20)23(27)30/h4-6,8-11,14H,3,7,12-13,15H2,1-2H3,(H,24,29)(H,26,28). The molecule has 0 atom stereocenters. The van der Waals surface area contributed by atoms with Gasteiger partial charge in [-0.1, -0.05) is 18.2 Å². The van der Waals surface area contributed by atoms with Crippen LogP contribution in [0.25, 0.3) is 10.9 Å². The highest BCUT2D eigenvalue weighted by atomic mass is 16.5. The molecule has 0 aliphatic carbocycles. The van der Waals surface area contributed by atoms with Crippen LogP contribution in [0.2, 0.25) is 0 Å². The van der Waals surface area contributed by atoms with E-state index in [2.05, 4.69) is 15.6 Å². The van der Waals surface area contributed by atoms with Gasteiger partial charge in [0.1, 0.15) is 12.4 Å². The number of hydrogen-bond acceptors (Lipinski definition) is 5. The number of nitrogens with one attached hydrogen (secondary N) is 2. The summed E-state index contributed by atoms with van der Waals surface area (Å²) in [5.41, 5.74) is 1.25. The van der Waals surface area contributed by atoms with E-state index in [1.54, 1.807) is 49.4 Å². The Morgan fingerprint density at radius 1 is 1.13 bits per heavy atom. The lowest BCUT2D eigenvalue weighted by molar-refractivity contribution is -0.116. The minimum absolute atomic E-state index is 0.170. The predicted molar refractivity (Wildman–Crippen MR) is 119 cm³/mol. The van der Waals surface area contributed by atoms with E-state index in [4.69, 9.17) is 4.74 Å². The number of anilines is 1. The topological polar surface area (TPSA) is 102 Å². The lowest BCUT2D eigenvalue weighted by Gasteiger charge is -2.12. The summed E-state index contributed by atoms with van der Waals surface area (Å²) in [4.78, 5) is 42.0. The number of hydrogen-bond donors (Lipinski definition) is 2. The van der Waals surface area contributed by atoms with Gasteiger partial charge < -0.3 is 15.4 Å². The molecule has 0 saturated heterocycles. The average Bonchev–Trinajstić information content (AvgIpc) is 2.76. The number of carbonyl (C=O) groups is 2. The van der Waals surface area contributed by atoms with Gasteiger partial charge in [0, 0.05) is 31.0 Å². The summed E-state index contributed by atoms with van der Waals surface area (Å²) in [7, 11) is 0. The highest BCUT2D eigenvalue weighted by Crippen LogP contribution is 2.12. The van der Waals surface area contributed by atoms with Crippen molar-refractivity contribution in [2.24, 2.45) is 0 Å². The lowest BCUT2D eigenvalue weighted by atomic mass is 10.2. The van der Waals surface area contributed by atoms with E-state index in [-0.39, 0.29) is 23.9 Å². The first-order valence-corrected chi connectivity index (χ1v) is 10.2. The molecule has 3 aromatic rings. The number of aromatic nitrogens is 2. The first-order valence-electron chi connectivity index (χ1n) is 10.2. The van der Waals surface area contributed by atoms with Gasteiger partial charge in [-0.3, -0.25) is 19.0 Å². The molecule has 8 nitrogen and oxygen atoms in total. The van der Waals surface area contributed by atoms with Gasteiger partial charge in [-0.2, -0.15) is 0 Å². The quantitative estimate of drug-likeness (QED) is 0.516. The molecule has 2 amide bonds. The van der Waals surface area contributed by atoms with Crippen LogP contribution in [0.1, 0.15) is 29.5 Å². The number of aryl methyl sites for hydroxylation is 1. The Kier molecular flexibility index (Phi) is 7.50.